The Morgan fingerprint density at radius 3 is 2.40 bits per heavy atom. The van der Waals surface area contributed by atoms with E-state index in [-0.39, 0.29) is 11.8 Å². The van der Waals surface area contributed by atoms with Gasteiger partial charge in [-0.1, -0.05) is 0 Å². The Balaban J connectivity index is 1.45. The van der Waals surface area contributed by atoms with E-state index in [4.69, 9.17) is 10.5 Å². The second-order valence-electron chi connectivity index (χ2n) is 7.56. The highest BCUT2D eigenvalue weighted by molar-refractivity contribution is 5.79. The monoisotopic (exact) mass is 352 g/mol. The smallest absolute Gasteiger partial charge is 0.227 e. The topological polar surface area (TPSA) is 79.1 Å². The maximum Gasteiger partial charge on any atom is 0.227 e. The highest BCUT2D eigenvalue weighted by Crippen LogP contribution is 2.25. The molecule has 0 aromatic carbocycles. The van der Waals surface area contributed by atoms with Crippen LogP contribution in [0.5, 0.6) is 0 Å². The number of hydrogen-bond donors (Lipinski definition) is 1. The van der Waals surface area contributed by atoms with Crippen molar-refractivity contribution in [2.24, 2.45) is 11.7 Å². The normalized spacial score (nSPS) is 27.4. The molecule has 25 heavy (non-hydrogen) atoms. The molecule has 3 aliphatic heterocycles. The van der Waals surface area contributed by atoms with Gasteiger partial charge in [0.15, 0.2) is 0 Å². The van der Waals surface area contributed by atoms with Crippen LogP contribution in [-0.2, 0) is 14.3 Å². The number of nitrogens with zero attached hydrogens (tertiary/aromatic N) is 3. The van der Waals surface area contributed by atoms with Crippen LogP contribution in [-0.4, -0.2) is 91.6 Å². The predicted molar refractivity (Wildman–Crippen MR) is 95.0 cm³/mol. The second-order valence-corrected chi connectivity index (χ2v) is 7.56. The average molecular weight is 352 g/mol. The largest absolute Gasteiger partial charge is 0.378 e. The number of rotatable bonds is 5. The third-order valence-electron chi connectivity index (χ3n) is 5.87. The number of morpholine rings is 1. The van der Waals surface area contributed by atoms with Gasteiger partial charge in [-0.05, 0) is 45.3 Å². The Morgan fingerprint density at radius 2 is 1.72 bits per heavy atom. The average Bonchev–Trinajstić information content (AvgIpc) is 2.67. The minimum Gasteiger partial charge on any atom is -0.378 e. The number of piperidine rings is 2. The van der Waals surface area contributed by atoms with Gasteiger partial charge in [-0.25, -0.2) is 0 Å². The molecule has 0 aromatic rings. The third-order valence-corrected chi connectivity index (χ3v) is 5.87. The van der Waals surface area contributed by atoms with Crippen molar-refractivity contribution in [3.05, 3.63) is 0 Å². The van der Waals surface area contributed by atoms with Crippen LogP contribution in [0.3, 0.4) is 0 Å². The SMILES string of the molecule is NC(=O)CCN1CCC(N2CCC[C@@H](C(=O)N3CCOCC3)C2)CC1. The van der Waals surface area contributed by atoms with Crippen LogP contribution < -0.4 is 5.73 Å². The molecule has 0 radical (unpaired) electrons. The van der Waals surface area contributed by atoms with Gasteiger partial charge < -0.3 is 20.3 Å². The first-order valence-electron chi connectivity index (χ1n) is 9.74. The summed E-state index contributed by atoms with van der Waals surface area (Å²) in [7, 11) is 0. The van der Waals surface area contributed by atoms with Crippen LogP contribution in [0, 0.1) is 5.92 Å². The molecule has 3 aliphatic rings. The minimum atomic E-state index is -0.220. The Labute approximate surface area is 150 Å². The van der Waals surface area contributed by atoms with E-state index in [1.807, 2.05) is 4.90 Å². The number of ether oxygens (including phenoxy) is 1. The van der Waals surface area contributed by atoms with Crippen LogP contribution in [0.25, 0.3) is 0 Å². The van der Waals surface area contributed by atoms with Gasteiger partial charge in [-0.2, -0.15) is 0 Å². The summed E-state index contributed by atoms with van der Waals surface area (Å²) >= 11 is 0. The molecule has 3 heterocycles. The highest BCUT2D eigenvalue weighted by atomic mass is 16.5. The van der Waals surface area contributed by atoms with E-state index in [2.05, 4.69) is 9.80 Å². The molecule has 1 atom stereocenters. The fraction of sp³-hybridized carbons (Fsp3) is 0.889. The molecule has 3 fully saturated rings. The van der Waals surface area contributed by atoms with Crippen molar-refractivity contribution in [2.75, 3.05) is 59.0 Å². The van der Waals surface area contributed by atoms with Crippen LogP contribution in [0.2, 0.25) is 0 Å². The van der Waals surface area contributed by atoms with E-state index in [1.165, 1.54) is 0 Å². The summed E-state index contributed by atoms with van der Waals surface area (Å²) in [5, 5.41) is 0. The van der Waals surface area contributed by atoms with Gasteiger partial charge in [-0.15, -0.1) is 0 Å². The van der Waals surface area contributed by atoms with Crippen LogP contribution in [0.15, 0.2) is 0 Å². The summed E-state index contributed by atoms with van der Waals surface area (Å²) in [5.74, 6) is 0.259. The van der Waals surface area contributed by atoms with Crippen LogP contribution in [0.4, 0.5) is 0 Å². The quantitative estimate of drug-likeness (QED) is 0.747. The number of primary amides is 1. The Hall–Kier alpha value is -1.18. The lowest BCUT2D eigenvalue weighted by Gasteiger charge is -2.43. The number of amides is 2. The molecule has 3 saturated heterocycles. The van der Waals surface area contributed by atoms with Crippen molar-refractivity contribution < 1.29 is 14.3 Å². The molecule has 0 unspecified atom stereocenters. The maximum absolute atomic E-state index is 12.8. The maximum atomic E-state index is 12.8. The van der Waals surface area contributed by atoms with Gasteiger partial charge in [0.05, 0.1) is 19.1 Å². The Bertz CT molecular complexity index is 459. The van der Waals surface area contributed by atoms with Crippen molar-refractivity contribution >= 4 is 11.8 Å². The molecule has 0 saturated carbocycles. The van der Waals surface area contributed by atoms with E-state index < -0.39 is 0 Å². The molecule has 3 rings (SSSR count). The molecule has 142 valence electrons. The number of hydrogen-bond acceptors (Lipinski definition) is 5. The molecular weight excluding hydrogens is 320 g/mol. The zero-order valence-corrected chi connectivity index (χ0v) is 15.2. The van der Waals surface area contributed by atoms with Gasteiger partial charge in [0.25, 0.3) is 0 Å². The first kappa shape index (κ1) is 18.6. The lowest BCUT2D eigenvalue weighted by atomic mass is 9.92. The summed E-state index contributed by atoms with van der Waals surface area (Å²) in [6, 6.07) is 0.574. The lowest BCUT2D eigenvalue weighted by molar-refractivity contribution is -0.142. The second kappa shape index (κ2) is 8.96. The first-order chi connectivity index (χ1) is 12.1. The number of carbonyl (C=O) groups is 2. The molecule has 0 aliphatic carbocycles. The molecule has 0 aromatic heterocycles. The standard InChI is InChI=1S/C18H32N4O3/c19-17(23)5-9-20-7-3-16(4-8-20)22-6-1-2-15(14-22)18(24)21-10-12-25-13-11-21/h15-16H,1-14H2,(H2,19,23)/t15-/m1/s1. The van der Waals surface area contributed by atoms with Gasteiger partial charge >= 0.3 is 0 Å². The zero-order chi connectivity index (χ0) is 17.6. The zero-order valence-electron chi connectivity index (χ0n) is 15.2. The number of carbonyl (C=O) groups excluding carboxylic acids is 2. The first-order valence-corrected chi connectivity index (χ1v) is 9.74. The number of likely N-dealkylation sites (tertiary alicyclic amines) is 2. The summed E-state index contributed by atoms with van der Waals surface area (Å²) in [6.45, 7) is 7.67. The van der Waals surface area contributed by atoms with E-state index >= 15 is 0 Å². The Morgan fingerprint density at radius 1 is 1.00 bits per heavy atom. The summed E-state index contributed by atoms with van der Waals surface area (Å²) in [6.07, 6.45) is 4.83. The van der Waals surface area contributed by atoms with Crippen LogP contribution in [0.1, 0.15) is 32.1 Å². The van der Waals surface area contributed by atoms with Crippen molar-refractivity contribution in [3.63, 3.8) is 0 Å². The highest BCUT2D eigenvalue weighted by Gasteiger charge is 2.33. The van der Waals surface area contributed by atoms with Gasteiger partial charge in [-0.3, -0.25) is 14.5 Å². The van der Waals surface area contributed by atoms with E-state index in [0.717, 1.165) is 71.5 Å². The van der Waals surface area contributed by atoms with Gasteiger partial charge in [0, 0.05) is 38.6 Å². The summed E-state index contributed by atoms with van der Waals surface area (Å²) in [5.41, 5.74) is 5.24. The predicted octanol–water partition coefficient (Wildman–Crippen LogP) is -0.103. The van der Waals surface area contributed by atoms with Crippen molar-refractivity contribution in [3.8, 4) is 0 Å². The third kappa shape index (κ3) is 5.15. The molecule has 7 heteroatoms. The fourth-order valence-electron chi connectivity index (χ4n) is 4.36. The lowest BCUT2D eigenvalue weighted by Crippen LogP contribution is -2.52. The van der Waals surface area contributed by atoms with Crippen molar-refractivity contribution in [2.45, 2.75) is 38.1 Å². The van der Waals surface area contributed by atoms with E-state index in [9.17, 15) is 9.59 Å². The van der Waals surface area contributed by atoms with E-state index in [0.29, 0.717) is 31.6 Å². The Kier molecular flexibility index (Phi) is 6.67. The molecular formula is C18H32N4O3. The van der Waals surface area contributed by atoms with Gasteiger partial charge in [0.2, 0.25) is 11.8 Å². The van der Waals surface area contributed by atoms with Gasteiger partial charge in [0.1, 0.15) is 0 Å². The van der Waals surface area contributed by atoms with E-state index in [1.54, 1.807) is 0 Å². The molecule has 7 nitrogen and oxygen atoms in total. The van der Waals surface area contributed by atoms with Crippen molar-refractivity contribution in [1.29, 1.82) is 0 Å². The summed E-state index contributed by atoms with van der Waals surface area (Å²) in [4.78, 5) is 30.6. The van der Waals surface area contributed by atoms with Crippen molar-refractivity contribution in [1.82, 2.24) is 14.7 Å². The minimum absolute atomic E-state index is 0.153. The van der Waals surface area contributed by atoms with Crippen LogP contribution >= 0.6 is 0 Å². The molecule has 2 amide bonds. The molecule has 0 bridgehead atoms. The fourth-order valence-corrected chi connectivity index (χ4v) is 4.36. The summed E-state index contributed by atoms with van der Waals surface area (Å²) < 4.78 is 5.36. The molecule has 2 N–H and O–H groups in total. The number of nitrogens with two attached hydrogens (primary N) is 1. The molecule has 0 spiro atoms.